The maximum atomic E-state index is 13.4. The van der Waals surface area contributed by atoms with Gasteiger partial charge in [0.15, 0.2) is 6.10 Å². The van der Waals surface area contributed by atoms with Gasteiger partial charge >= 0.3 is 0 Å². The van der Waals surface area contributed by atoms with Crippen molar-refractivity contribution in [3.63, 3.8) is 0 Å². The smallest absolute Gasteiger partial charge is 0.264 e. The van der Waals surface area contributed by atoms with Crippen LogP contribution < -0.4 is 19.1 Å². The molecule has 0 saturated carbocycles. The highest BCUT2D eigenvalue weighted by Crippen LogP contribution is 2.36. The molecule has 0 radical (unpaired) electrons. The quantitative estimate of drug-likeness (QED) is 0.521. The van der Waals surface area contributed by atoms with Crippen molar-refractivity contribution in [2.45, 2.75) is 31.8 Å². The summed E-state index contributed by atoms with van der Waals surface area (Å²) in [5.41, 5.74) is 3.68. The SMILES string of the molecule is Cc1ccc(S(=O)(=O)N2C[C@@H](C(=O)NCCOc3ccc(C)c(C)c3)Oc3ccccc32)cc1. The molecule has 7 nitrogen and oxygen atoms in total. The summed E-state index contributed by atoms with van der Waals surface area (Å²) >= 11 is 0. The van der Waals surface area contributed by atoms with Crippen LogP contribution in [0.4, 0.5) is 5.69 Å². The van der Waals surface area contributed by atoms with Gasteiger partial charge in [0.25, 0.3) is 15.9 Å². The number of sulfonamides is 1. The van der Waals surface area contributed by atoms with Crippen molar-refractivity contribution in [2.75, 3.05) is 24.0 Å². The molecule has 0 saturated heterocycles. The maximum absolute atomic E-state index is 13.4. The third kappa shape index (κ3) is 5.02. The van der Waals surface area contributed by atoms with Gasteiger partial charge in [-0.25, -0.2) is 8.42 Å². The first-order valence-electron chi connectivity index (χ1n) is 11.1. The average Bonchev–Trinajstić information content (AvgIpc) is 2.83. The van der Waals surface area contributed by atoms with E-state index < -0.39 is 22.0 Å². The van der Waals surface area contributed by atoms with Gasteiger partial charge in [-0.05, 0) is 68.3 Å². The number of benzene rings is 3. The Hall–Kier alpha value is -3.52. The first kappa shape index (κ1) is 23.6. The molecular formula is C26H28N2O5S. The highest BCUT2D eigenvalue weighted by molar-refractivity contribution is 7.92. The van der Waals surface area contributed by atoms with Crippen LogP contribution in [0.25, 0.3) is 0 Å². The number of nitrogens with one attached hydrogen (secondary N) is 1. The molecule has 8 heteroatoms. The van der Waals surface area contributed by atoms with Crippen LogP contribution in [0.15, 0.2) is 71.6 Å². The minimum absolute atomic E-state index is 0.128. The van der Waals surface area contributed by atoms with Crippen LogP contribution in [0.1, 0.15) is 16.7 Å². The van der Waals surface area contributed by atoms with E-state index in [2.05, 4.69) is 5.32 Å². The lowest BCUT2D eigenvalue weighted by atomic mass is 10.1. The van der Waals surface area contributed by atoms with Crippen LogP contribution >= 0.6 is 0 Å². The van der Waals surface area contributed by atoms with Crippen molar-refractivity contribution >= 4 is 21.6 Å². The van der Waals surface area contributed by atoms with Gasteiger partial charge < -0.3 is 14.8 Å². The second-order valence-electron chi connectivity index (χ2n) is 8.31. The minimum Gasteiger partial charge on any atom is -0.492 e. The predicted octanol–water partition coefficient (Wildman–Crippen LogP) is 3.76. The van der Waals surface area contributed by atoms with Gasteiger partial charge in [-0.15, -0.1) is 0 Å². The number of carbonyl (C=O) groups is 1. The highest BCUT2D eigenvalue weighted by Gasteiger charge is 2.37. The molecule has 4 rings (SSSR count). The Morgan fingerprint density at radius 2 is 1.76 bits per heavy atom. The topological polar surface area (TPSA) is 84.9 Å². The molecule has 0 aromatic heterocycles. The van der Waals surface area contributed by atoms with Crippen molar-refractivity contribution in [2.24, 2.45) is 0 Å². The third-order valence-corrected chi connectivity index (χ3v) is 7.58. The van der Waals surface area contributed by atoms with E-state index >= 15 is 0 Å². The molecule has 178 valence electrons. The van der Waals surface area contributed by atoms with Crippen LogP contribution in [-0.2, 0) is 14.8 Å². The molecule has 0 bridgehead atoms. The van der Waals surface area contributed by atoms with E-state index in [0.717, 1.165) is 16.9 Å². The van der Waals surface area contributed by atoms with E-state index in [9.17, 15) is 13.2 Å². The number of carbonyl (C=O) groups excluding carboxylic acids is 1. The molecule has 34 heavy (non-hydrogen) atoms. The average molecular weight is 481 g/mol. The summed E-state index contributed by atoms with van der Waals surface area (Å²) in [5.74, 6) is 0.675. The molecule has 3 aromatic rings. The monoisotopic (exact) mass is 480 g/mol. The van der Waals surface area contributed by atoms with E-state index in [-0.39, 0.29) is 24.6 Å². The fraction of sp³-hybridized carbons (Fsp3) is 0.269. The summed E-state index contributed by atoms with van der Waals surface area (Å²) in [5, 5.41) is 2.79. The van der Waals surface area contributed by atoms with E-state index in [1.165, 1.54) is 9.87 Å². The van der Waals surface area contributed by atoms with Crippen LogP contribution in [0.2, 0.25) is 0 Å². The molecule has 1 aliphatic rings. The van der Waals surface area contributed by atoms with Gasteiger partial charge in [0.2, 0.25) is 0 Å². The number of aryl methyl sites for hydroxylation is 3. The van der Waals surface area contributed by atoms with Gasteiger partial charge in [-0.2, -0.15) is 0 Å². The zero-order valence-corrected chi connectivity index (χ0v) is 20.3. The molecule has 1 N–H and O–H groups in total. The van der Waals surface area contributed by atoms with Gasteiger partial charge in [0, 0.05) is 0 Å². The normalized spacial score (nSPS) is 15.3. The maximum Gasteiger partial charge on any atom is 0.264 e. The van der Waals surface area contributed by atoms with Crippen LogP contribution in [0, 0.1) is 20.8 Å². The Morgan fingerprint density at radius 3 is 2.50 bits per heavy atom. The van der Waals surface area contributed by atoms with Crippen molar-refractivity contribution in [1.82, 2.24) is 5.32 Å². The predicted molar refractivity (Wildman–Crippen MR) is 131 cm³/mol. The summed E-state index contributed by atoms with van der Waals surface area (Å²) in [6.45, 7) is 6.35. The number of anilines is 1. The zero-order chi connectivity index (χ0) is 24.3. The Labute approximate surface area is 200 Å². The molecular weight excluding hydrogens is 452 g/mol. The van der Waals surface area contributed by atoms with Gasteiger partial charge in [-0.1, -0.05) is 35.9 Å². The molecule has 1 atom stereocenters. The number of rotatable bonds is 7. The Morgan fingerprint density at radius 1 is 1.03 bits per heavy atom. The number of ether oxygens (including phenoxy) is 2. The number of nitrogens with zero attached hydrogens (tertiary/aromatic N) is 1. The second-order valence-corrected chi connectivity index (χ2v) is 10.2. The molecule has 0 unspecified atom stereocenters. The van der Waals surface area contributed by atoms with E-state index in [4.69, 9.17) is 9.47 Å². The highest BCUT2D eigenvalue weighted by atomic mass is 32.2. The molecule has 1 amide bonds. The lowest BCUT2D eigenvalue weighted by Gasteiger charge is -2.34. The summed E-state index contributed by atoms with van der Waals surface area (Å²) in [7, 11) is -3.88. The van der Waals surface area contributed by atoms with Gasteiger partial charge in [-0.3, -0.25) is 9.10 Å². The fourth-order valence-electron chi connectivity index (χ4n) is 3.66. The molecule has 3 aromatic carbocycles. The number of fused-ring (bicyclic) bond motifs is 1. The van der Waals surface area contributed by atoms with Crippen LogP contribution in [0.5, 0.6) is 11.5 Å². The molecule has 0 aliphatic carbocycles. The third-order valence-electron chi connectivity index (χ3n) is 5.78. The summed E-state index contributed by atoms with van der Waals surface area (Å²) in [6, 6.07) is 19.3. The number of para-hydroxylation sites is 2. The lowest BCUT2D eigenvalue weighted by molar-refractivity contribution is -0.127. The zero-order valence-electron chi connectivity index (χ0n) is 19.4. The van der Waals surface area contributed by atoms with E-state index in [1.54, 1.807) is 48.5 Å². The van der Waals surface area contributed by atoms with Crippen molar-refractivity contribution in [3.8, 4) is 11.5 Å². The fourth-order valence-corrected chi connectivity index (χ4v) is 5.14. The number of hydrogen-bond acceptors (Lipinski definition) is 5. The largest absolute Gasteiger partial charge is 0.492 e. The number of amides is 1. The molecule has 1 heterocycles. The molecule has 0 fully saturated rings. The van der Waals surface area contributed by atoms with Crippen molar-refractivity contribution < 1.29 is 22.7 Å². The lowest BCUT2D eigenvalue weighted by Crippen LogP contribution is -2.51. The minimum atomic E-state index is -3.88. The summed E-state index contributed by atoms with van der Waals surface area (Å²) < 4.78 is 39.7. The summed E-state index contributed by atoms with van der Waals surface area (Å²) in [4.78, 5) is 13.0. The van der Waals surface area contributed by atoms with Gasteiger partial charge in [0.1, 0.15) is 18.1 Å². The first-order chi connectivity index (χ1) is 16.3. The van der Waals surface area contributed by atoms with E-state index in [0.29, 0.717) is 11.4 Å². The molecule has 1 aliphatic heterocycles. The van der Waals surface area contributed by atoms with Gasteiger partial charge in [0.05, 0.1) is 23.7 Å². The molecule has 0 spiro atoms. The Bertz CT molecular complexity index is 1290. The Balaban J connectivity index is 1.45. The number of hydrogen-bond donors (Lipinski definition) is 1. The van der Waals surface area contributed by atoms with Crippen LogP contribution in [-0.4, -0.2) is 40.1 Å². The van der Waals surface area contributed by atoms with Crippen LogP contribution in [0.3, 0.4) is 0 Å². The van der Waals surface area contributed by atoms with Crippen molar-refractivity contribution in [1.29, 1.82) is 0 Å². The Kier molecular flexibility index (Phi) is 6.79. The van der Waals surface area contributed by atoms with Crippen molar-refractivity contribution in [3.05, 3.63) is 83.4 Å². The van der Waals surface area contributed by atoms with E-state index in [1.807, 2.05) is 39.0 Å². The first-order valence-corrected chi connectivity index (χ1v) is 12.5. The summed E-state index contributed by atoms with van der Waals surface area (Å²) in [6.07, 6.45) is -0.989. The second kappa shape index (κ2) is 9.77. The standard InChI is InChI=1S/C26H28N2O5S/c1-18-8-12-22(13-9-18)34(30,31)28-17-25(33-24-7-5-4-6-23(24)28)26(29)27-14-15-32-21-11-10-19(2)20(3)16-21/h4-13,16,25H,14-15,17H2,1-3H3,(H,27,29)/t25-/m0/s1.